The lowest BCUT2D eigenvalue weighted by Crippen LogP contribution is -2.66. The van der Waals surface area contributed by atoms with Crippen LogP contribution in [0.1, 0.15) is 39.5 Å². The standard InChI is InChI=1S/C14H26N4O2/c1-7-9-13-14(10-8-2,17(5)11(19)15(13)3)18(6)12(20)16(13)4/h7-10H2,1-6H3. The average molecular weight is 282 g/mol. The number of carbonyl (C=O) groups is 2. The Morgan fingerprint density at radius 3 is 1.15 bits per heavy atom. The first-order chi connectivity index (χ1) is 9.32. The zero-order valence-electron chi connectivity index (χ0n) is 13.4. The van der Waals surface area contributed by atoms with E-state index < -0.39 is 11.3 Å². The molecule has 0 unspecified atom stereocenters. The fourth-order valence-electron chi connectivity index (χ4n) is 4.38. The third kappa shape index (κ3) is 1.29. The molecule has 114 valence electrons. The molecule has 2 aliphatic heterocycles. The van der Waals surface area contributed by atoms with Gasteiger partial charge in [-0.05, 0) is 12.8 Å². The molecule has 0 saturated carbocycles. The van der Waals surface area contributed by atoms with Crippen LogP contribution in [-0.2, 0) is 0 Å². The quantitative estimate of drug-likeness (QED) is 0.791. The Bertz CT molecular complexity index is 373. The van der Waals surface area contributed by atoms with E-state index in [1.54, 1.807) is 19.6 Å². The maximum Gasteiger partial charge on any atom is 0.323 e. The molecule has 0 aliphatic carbocycles. The molecule has 6 heteroatoms. The summed E-state index contributed by atoms with van der Waals surface area (Å²) in [5, 5.41) is 0. The number of fused-ring (bicyclic) bond motifs is 1. The second kappa shape index (κ2) is 4.53. The molecule has 0 atom stereocenters. The van der Waals surface area contributed by atoms with Crippen LogP contribution in [0.5, 0.6) is 0 Å². The highest BCUT2D eigenvalue weighted by molar-refractivity contribution is 5.87. The fourth-order valence-corrected chi connectivity index (χ4v) is 4.38. The van der Waals surface area contributed by atoms with Crippen LogP contribution < -0.4 is 0 Å². The first-order valence-corrected chi connectivity index (χ1v) is 7.36. The van der Waals surface area contributed by atoms with Crippen molar-refractivity contribution in [1.29, 1.82) is 0 Å². The van der Waals surface area contributed by atoms with E-state index in [-0.39, 0.29) is 12.1 Å². The Morgan fingerprint density at radius 2 is 0.950 bits per heavy atom. The SMILES string of the molecule is CCCC12N(C)C(=O)N(C)C1(CCC)N(C)C(=O)N2C. The van der Waals surface area contributed by atoms with Crippen LogP contribution in [0.2, 0.25) is 0 Å². The van der Waals surface area contributed by atoms with Crippen molar-refractivity contribution < 1.29 is 9.59 Å². The van der Waals surface area contributed by atoms with Gasteiger partial charge in [0.25, 0.3) is 0 Å². The first-order valence-electron chi connectivity index (χ1n) is 7.36. The minimum atomic E-state index is -0.574. The van der Waals surface area contributed by atoms with Crippen LogP contribution >= 0.6 is 0 Å². The average Bonchev–Trinajstić information content (AvgIpc) is 2.69. The van der Waals surface area contributed by atoms with Gasteiger partial charge in [0, 0.05) is 28.2 Å². The molecule has 6 nitrogen and oxygen atoms in total. The minimum Gasteiger partial charge on any atom is -0.300 e. The molecule has 0 radical (unpaired) electrons. The van der Waals surface area contributed by atoms with Crippen molar-refractivity contribution in [3.63, 3.8) is 0 Å². The lowest BCUT2D eigenvalue weighted by molar-refractivity contribution is -0.0498. The van der Waals surface area contributed by atoms with Gasteiger partial charge in [-0.2, -0.15) is 0 Å². The highest BCUT2D eigenvalue weighted by Crippen LogP contribution is 2.53. The van der Waals surface area contributed by atoms with Crippen LogP contribution in [0.4, 0.5) is 9.59 Å². The van der Waals surface area contributed by atoms with Crippen molar-refractivity contribution in [1.82, 2.24) is 19.6 Å². The molecule has 0 aromatic heterocycles. The maximum absolute atomic E-state index is 12.6. The number of hydrogen-bond donors (Lipinski definition) is 0. The summed E-state index contributed by atoms with van der Waals surface area (Å²) in [6.45, 7) is 4.19. The molecule has 2 fully saturated rings. The normalized spacial score (nSPS) is 33.5. The number of urea groups is 2. The fraction of sp³-hybridized carbons (Fsp3) is 0.857. The second-order valence-electron chi connectivity index (χ2n) is 5.93. The predicted molar refractivity (Wildman–Crippen MR) is 77.1 cm³/mol. The smallest absolute Gasteiger partial charge is 0.300 e. The summed E-state index contributed by atoms with van der Waals surface area (Å²) in [6.07, 6.45) is 3.41. The van der Waals surface area contributed by atoms with E-state index in [4.69, 9.17) is 0 Å². The van der Waals surface area contributed by atoms with Gasteiger partial charge in [0.05, 0.1) is 0 Å². The number of rotatable bonds is 4. The third-order valence-electron chi connectivity index (χ3n) is 5.21. The van der Waals surface area contributed by atoms with E-state index in [0.717, 1.165) is 25.7 Å². The lowest BCUT2D eigenvalue weighted by Gasteiger charge is -2.47. The number of carbonyl (C=O) groups excluding carboxylic acids is 2. The minimum absolute atomic E-state index is 0.0156. The van der Waals surface area contributed by atoms with Crippen LogP contribution in [0.25, 0.3) is 0 Å². The molecule has 20 heavy (non-hydrogen) atoms. The van der Waals surface area contributed by atoms with E-state index in [1.807, 2.05) is 28.2 Å². The Balaban J connectivity index is 2.70. The van der Waals surface area contributed by atoms with Crippen LogP contribution in [0, 0.1) is 0 Å². The zero-order chi connectivity index (χ0) is 15.3. The van der Waals surface area contributed by atoms with E-state index in [0.29, 0.717) is 0 Å². The molecule has 4 amide bonds. The largest absolute Gasteiger partial charge is 0.323 e. The van der Waals surface area contributed by atoms with E-state index in [9.17, 15) is 9.59 Å². The Morgan fingerprint density at radius 1 is 0.700 bits per heavy atom. The maximum atomic E-state index is 12.6. The van der Waals surface area contributed by atoms with Crippen molar-refractivity contribution in [2.75, 3.05) is 28.2 Å². The third-order valence-corrected chi connectivity index (χ3v) is 5.21. The lowest BCUT2D eigenvalue weighted by atomic mass is 9.84. The monoisotopic (exact) mass is 282 g/mol. The summed E-state index contributed by atoms with van der Waals surface area (Å²) in [4.78, 5) is 32.2. The van der Waals surface area contributed by atoms with Gasteiger partial charge in [-0.1, -0.05) is 26.7 Å². The predicted octanol–water partition coefficient (Wildman–Crippen LogP) is 1.97. The number of likely N-dealkylation sites (N-methyl/N-ethyl adjacent to an activating group) is 4. The Labute approximate surface area is 121 Å². The van der Waals surface area contributed by atoms with Crippen molar-refractivity contribution in [2.24, 2.45) is 0 Å². The topological polar surface area (TPSA) is 47.1 Å². The molecule has 0 aromatic carbocycles. The molecule has 2 aliphatic rings. The van der Waals surface area contributed by atoms with Crippen LogP contribution in [0.15, 0.2) is 0 Å². The van der Waals surface area contributed by atoms with Crippen molar-refractivity contribution in [2.45, 2.75) is 50.9 Å². The summed E-state index contributed by atoms with van der Waals surface area (Å²) in [7, 11) is 7.26. The summed E-state index contributed by atoms with van der Waals surface area (Å²) in [5.74, 6) is 0. The van der Waals surface area contributed by atoms with Gasteiger partial charge in [-0.15, -0.1) is 0 Å². The molecule has 2 saturated heterocycles. The molecule has 0 aromatic rings. The van der Waals surface area contributed by atoms with Crippen molar-refractivity contribution in [3.05, 3.63) is 0 Å². The van der Waals surface area contributed by atoms with E-state index in [2.05, 4.69) is 13.8 Å². The van der Waals surface area contributed by atoms with Crippen LogP contribution in [0.3, 0.4) is 0 Å². The van der Waals surface area contributed by atoms with Gasteiger partial charge in [-0.3, -0.25) is 0 Å². The molecular weight excluding hydrogens is 256 g/mol. The summed E-state index contributed by atoms with van der Waals surface area (Å²) >= 11 is 0. The number of amides is 4. The van der Waals surface area contributed by atoms with Gasteiger partial charge in [0.15, 0.2) is 11.3 Å². The molecule has 0 N–H and O–H groups in total. The molecular formula is C14H26N4O2. The zero-order valence-corrected chi connectivity index (χ0v) is 13.4. The highest BCUT2D eigenvalue weighted by atomic mass is 16.2. The van der Waals surface area contributed by atoms with E-state index >= 15 is 0 Å². The Hall–Kier alpha value is -1.46. The van der Waals surface area contributed by atoms with Crippen molar-refractivity contribution in [3.8, 4) is 0 Å². The highest BCUT2D eigenvalue weighted by Gasteiger charge is 2.74. The summed E-state index contributed by atoms with van der Waals surface area (Å²) in [5.41, 5.74) is -1.15. The summed E-state index contributed by atoms with van der Waals surface area (Å²) in [6, 6.07) is -0.0313. The summed E-state index contributed by atoms with van der Waals surface area (Å²) < 4.78 is 0. The first kappa shape index (κ1) is 14.9. The Kier molecular flexibility index (Phi) is 3.38. The molecule has 2 rings (SSSR count). The molecule has 2 heterocycles. The molecule has 0 spiro atoms. The number of hydrogen-bond acceptors (Lipinski definition) is 2. The van der Waals surface area contributed by atoms with Gasteiger partial charge < -0.3 is 19.6 Å². The molecule has 0 bridgehead atoms. The van der Waals surface area contributed by atoms with Crippen molar-refractivity contribution >= 4 is 12.1 Å². The van der Waals surface area contributed by atoms with E-state index in [1.165, 1.54) is 0 Å². The van der Waals surface area contributed by atoms with Gasteiger partial charge in [0.2, 0.25) is 0 Å². The second-order valence-corrected chi connectivity index (χ2v) is 5.93. The van der Waals surface area contributed by atoms with Gasteiger partial charge in [0.1, 0.15) is 0 Å². The van der Waals surface area contributed by atoms with Gasteiger partial charge in [-0.25, -0.2) is 9.59 Å². The van der Waals surface area contributed by atoms with Crippen LogP contribution in [-0.4, -0.2) is 71.2 Å². The number of nitrogens with zero attached hydrogens (tertiary/aromatic N) is 4. The van der Waals surface area contributed by atoms with Gasteiger partial charge >= 0.3 is 12.1 Å².